The molecule has 3 heterocycles. The molecule has 11 heteroatoms. The van der Waals surface area contributed by atoms with Crippen molar-refractivity contribution in [3.8, 4) is 11.8 Å². The number of aromatic nitrogens is 1. The molecule has 1 aliphatic heterocycles. The minimum atomic E-state index is -0.871. The van der Waals surface area contributed by atoms with Crippen molar-refractivity contribution >= 4 is 50.8 Å². The Balaban J connectivity index is 1.59. The second-order valence-electron chi connectivity index (χ2n) is 7.43. The largest absolute Gasteiger partial charge is 0.495 e. The van der Waals surface area contributed by atoms with Crippen LogP contribution in [0.4, 0.5) is 10.8 Å². The number of nitrogens with one attached hydrogen (secondary N) is 2. The Bertz CT molecular complexity index is 1280. The molecule has 0 saturated heterocycles. The molecule has 0 saturated carbocycles. The van der Waals surface area contributed by atoms with E-state index in [-0.39, 0.29) is 17.4 Å². The van der Waals surface area contributed by atoms with E-state index in [4.69, 9.17) is 9.15 Å². The summed E-state index contributed by atoms with van der Waals surface area (Å²) in [4.78, 5) is 34.3. The van der Waals surface area contributed by atoms with E-state index in [0.717, 1.165) is 11.8 Å². The Hall–Kier alpha value is -3.88. The van der Waals surface area contributed by atoms with Crippen LogP contribution in [-0.4, -0.2) is 34.7 Å². The van der Waals surface area contributed by atoms with E-state index < -0.39 is 23.7 Å². The molecule has 178 valence electrons. The number of hydrogen-bond donors (Lipinski definition) is 2. The van der Waals surface area contributed by atoms with Gasteiger partial charge in [-0.2, -0.15) is 5.26 Å². The molecule has 0 fully saturated rings. The number of carbonyl (C=O) groups is 2. The summed E-state index contributed by atoms with van der Waals surface area (Å²) in [6, 6.07) is 12.7. The highest BCUT2D eigenvalue weighted by atomic mass is 32.2. The molecular weight excluding hydrogens is 486 g/mol. The molecule has 1 aromatic carbocycles. The molecular formula is C24H21N5O4S2. The van der Waals surface area contributed by atoms with E-state index in [0.29, 0.717) is 27.4 Å². The quantitative estimate of drug-likeness (QED) is 0.481. The summed E-state index contributed by atoms with van der Waals surface area (Å²) >= 11 is 2.44. The third-order valence-corrected chi connectivity index (χ3v) is 7.02. The van der Waals surface area contributed by atoms with Crippen LogP contribution in [0.3, 0.4) is 0 Å². The molecule has 35 heavy (non-hydrogen) atoms. The lowest BCUT2D eigenvalue weighted by molar-refractivity contribution is -0.119. The van der Waals surface area contributed by atoms with E-state index in [1.165, 1.54) is 24.7 Å². The van der Waals surface area contributed by atoms with E-state index in [1.54, 1.807) is 48.0 Å². The van der Waals surface area contributed by atoms with Gasteiger partial charge in [0.15, 0.2) is 5.13 Å². The first-order chi connectivity index (χ1) is 17.0. The van der Waals surface area contributed by atoms with Gasteiger partial charge in [-0.1, -0.05) is 30.5 Å². The predicted octanol–water partition coefficient (Wildman–Crippen LogP) is 4.52. The monoisotopic (exact) mass is 507 g/mol. The van der Waals surface area contributed by atoms with Gasteiger partial charge in [0.05, 0.1) is 47.8 Å². The molecule has 4 rings (SSSR count). The first-order valence-electron chi connectivity index (χ1n) is 10.5. The summed E-state index contributed by atoms with van der Waals surface area (Å²) in [6.45, 7) is 4.02. The van der Waals surface area contributed by atoms with E-state index in [1.807, 2.05) is 0 Å². The number of carbonyl (C=O) groups excluding carboxylic acids is 2. The van der Waals surface area contributed by atoms with Crippen LogP contribution in [-0.2, 0) is 9.59 Å². The maximum atomic E-state index is 13.4. The highest BCUT2D eigenvalue weighted by molar-refractivity contribution is 8.14. The summed E-state index contributed by atoms with van der Waals surface area (Å²) < 4.78 is 11.0. The Morgan fingerprint density at radius 2 is 2.11 bits per heavy atom. The number of para-hydroxylation sites is 2. The topological polar surface area (TPSA) is 130 Å². The van der Waals surface area contributed by atoms with Gasteiger partial charge in [0.1, 0.15) is 17.4 Å². The van der Waals surface area contributed by atoms with Crippen molar-refractivity contribution in [1.82, 2.24) is 4.98 Å². The molecule has 2 N–H and O–H groups in total. The number of thiazole rings is 1. The van der Waals surface area contributed by atoms with Gasteiger partial charge in [0.25, 0.3) is 0 Å². The number of hydrogen-bond acceptors (Lipinski definition) is 9. The van der Waals surface area contributed by atoms with Gasteiger partial charge in [-0.25, -0.2) is 9.98 Å². The number of benzene rings is 1. The summed E-state index contributed by atoms with van der Waals surface area (Å²) in [5, 5.41) is 18.3. The van der Waals surface area contributed by atoms with Crippen LogP contribution in [0.25, 0.3) is 0 Å². The summed E-state index contributed by atoms with van der Waals surface area (Å²) in [7, 11) is 1.51. The van der Waals surface area contributed by atoms with Crippen LogP contribution in [0.15, 0.2) is 75.9 Å². The number of nitriles is 1. The molecule has 2 aromatic heterocycles. The minimum absolute atomic E-state index is 0.0207. The second kappa shape index (κ2) is 11.0. The van der Waals surface area contributed by atoms with Crippen LogP contribution >= 0.6 is 23.1 Å². The van der Waals surface area contributed by atoms with Gasteiger partial charge in [-0.15, -0.1) is 11.3 Å². The van der Waals surface area contributed by atoms with Crippen molar-refractivity contribution < 1.29 is 18.7 Å². The molecule has 0 bridgehead atoms. The summed E-state index contributed by atoms with van der Waals surface area (Å²) in [6.07, 6.45) is 3.08. The van der Waals surface area contributed by atoms with Gasteiger partial charge >= 0.3 is 0 Å². The molecule has 0 radical (unpaired) electrons. The SMILES string of the molecule is C=C1N=C(SCC(=O)Nc2nccs2)C(C#N)[C@H](c2ccco2)[C@H]1C(=O)Nc1ccccc1OC. The molecule has 1 unspecified atom stereocenters. The average molecular weight is 508 g/mol. The lowest BCUT2D eigenvalue weighted by Gasteiger charge is -2.33. The maximum absolute atomic E-state index is 13.4. The Kier molecular flexibility index (Phi) is 7.64. The predicted molar refractivity (Wildman–Crippen MR) is 135 cm³/mol. The second-order valence-corrected chi connectivity index (χ2v) is 9.32. The van der Waals surface area contributed by atoms with Crippen molar-refractivity contribution in [1.29, 1.82) is 5.26 Å². The van der Waals surface area contributed by atoms with Crippen molar-refractivity contribution in [2.45, 2.75) is 5.92 Å². The zero-order valence-electron chi connectivity index (χ0n) is 18.6. The lowest BCUT2D eigenvalue weighted by Crippen LogP contribution is -2.38. The number of ether oxygens (including phenoxy) is 1. The van der Waals surface area contributed by atoms with Crippen molar-refractivity contribution in [2.24, 2.45) is 16.8 Å². The number of furan rings is 1. The van der Waals surface area contributed by atoms with E-state index in [2.05, 4.69) is 33.3 Å². The number of amides is 2. The Morgan fingerprint density at radius 1 is 1.29 bits per heavy atom. The Morgan fingerprint density at radius 3 is 2.80 bits per heavy atom. The number of aliphatic imine (C=N–C) groups is 1. The van der Waals surface area contributed by atoms with E-state index >= 15 is 0 Å². The first kappa shape index (κ1) is 24.3. The summed E-state index contributed by atoms with van der Waals surface area (Å²) in [5.74, 6) is -2.07. The molecule has 0 spiro atoms. The normalized spacial score (nSPS) is 19.4. The zero-order chi connectivity index (χ0) is 24.8. The molecule has 9 nitrogen and oxygen atoms in total. The molecule has 1 aliphatic rings. The number of methoxy groups -OCH3 is 1. The molecule has 3 atom stereocenters. The first-order valence-corrected chi connectivity index (χ1v) is 12.3. The van der Waals surface area contributed by atoms with Crippen LogP contribution in [0.2, 0.25) is 0 Å². The lowest BCUT2D eigenvalue weighted by atomic mass is 9.76. The fourth-order valence-corrected chi connectivity index (χ4v) is 5.21. The third-order valence-electron chi connectivity index (χ3n) is 5.29. The molecule has 2 amide bonds. The molecule has 0 aliphatic carbocycles. The molecule has 3 aromatic rings. The van der Waals surface area contributed by atoms with Gasteiger partial charge in [-0.05, 0) is 24.3 Å². The number of rotatable bonds is 7. The highest BCUT2D eigenvalue weighted by Gasteiger charge is 2.45. The van der Waals surface area contributed by atoms with Crippen LogP contribution in [0.1, 0.15) is 11.7 Å². The average Bonchev–Trinajstić information content (AvgIpc) is 3.57. The smallest absolute Gasteiger partial charge is 0.236 e. The summed E-state index contributed by atoms with van der Waals surface area (Å²) in [5.41, 5.74) is 0.760. The fourth-order valence-electron chi connectivity index (χ4n) is 3.75. The van der Waals surface area contributed by atoms with Gasteiger partial charge in [-0.3, -0.25) is 9.59 Å². The van der Waals surface area contributed by atoms with Gasteiger partial charge in [0.2, 0.25) is 11.8 Å². The fraction of sp³-hybridized carbons (Fsp3) is 0.208. The standard InChI is InChI=1S/C24H21N5O4S2/c1-14-20(22(31)28-16-6-3-4-7-17(16)32-2)21(18-8-5-10-33-18)15(12-25)23(27-14)35-13-19(30)29-24-26-9-11-34-24/h3-11,15,20-21H,1,13H2,2H3,(H,28,31)(H,26,29,30)/t15?,20-,21+/m0/s1. The van der Waals surface area contributed by atoms with Crippen molar-refractivity contribution in [3.63, 3.8) is 0 Å². The number of anilines is 2. The highest BCUT2D eigenvalue weighted by Crippen LogP contribution is 2.44. The van der Waals surface area contributed by atoms with Crippen molar-refractivity contribution in [3.05, 3.63) is 72.3 Å². The number of thioether (sulfide) groups is 1. The van der Waals surface area contributed by atoms with E-state index in [9.17, 15) is 14.9 Å². The third kappa shape index (κ3) is 5.45. The van der Waals surface area contributed by atoms with Crippen LogP contribution < -0.4 is 15.4 Å². The Labute approximate surface area is 209 Å². The maximum Gasteiger partial charge on any atom is 0.236 e. The van der Waals surface area contributed by atoms with Crippen LogP contribution in [0, 0.1) is 23.2 Å². The van der Waals surface area contributed by atoms with Gasteiger partial charge < -0.3 is 19.8 Å². The van der Waals surface area contributed by atoms with Crippen LogP contribution in [0.5, 0.6) is 5.75 Å². The van der Waals surface area contributed by atoms with Gasteiger partial charge in [0, 0.05) is 17.3 Å². The minimum Gasteiger partial charge on any atom is -0.495 e. The van der Waals surface area contributed by atoms with Crippen molar-refractivity contribution in [2.75, 3.05) is 23.5 Å². The number of nitrogens with zero attached hydrogens (tertiary/aromatic N) is 3. The zero-order valence-corrected chi connectivity index (χ0v) is 20.3.